The van der Waals surface area contributed by atoms with E-state index in [1.165, 1.54) is 23.1 Å². The van der Waals surface area contributed by atoms with Crippen molar-refractivity contribution in [1.82, 2.24) is 9.80 Å². The maximum atomic E-state index is 12.3. The van der Waals surface area contributed by atoms with Crippen molar-refractivity contribution in [2.75, 3.05) is 27.2 Å². The fourth-order valence-electron chi connectivity index (χ4n) is 3.54. The van der Waals surface area contributed by atoms with E-state index in [0.29, 0.717) is 17.5 Å². The Morgan fingerprint density at radius 3 is 2.29 bits per heavy atom. The highest BCUT2D eigenvalue weighted by molar-refractivity contribution is 6.21. The first-order valence-corrected chi connectivity index (χ1v) is 9.54. The minimum Gasteiger partial charge on any atom is -0.493 e. The summed E-state index contributed by atoms with van der Waals surface area (Å²) >= 11 is 0. The Hall–Kier alpha value is -3.79. The van der Waals surface area contributed by atoms with Crippen molar-refractivity contribution in [3.63, 3.8) is 0 Å². The second kappa shape index (κ2) is 8.92. The molecule has 0 bridgehead atoms. The number of hydrogen-bond donors (Lipinski definition) is 1. The number of primary amides is 1. The minimum absolute atomic E-state index is 0.136. The van der Waals surface area contributed by atoms with Crippen LogP contribution < -0.4 is 10.5 Å². The number of amides is 3. The van der Waals surface area contributed by atoms with Gasteiger partial charge in [-0.25, -0.2) is 0 Å². The van der Waals surface area contributed by atoms with Crippen LogP contribution in [0.25, 0.3) is 0 Å². The summed E-state index contributed by atoms with van der Waals surface area (Å²) in [7, 11) is 3.20. The van der Waals surface area contributed by atoms with Crippen LogP contribution >= 0.6 is 0 Å². The Bertz CT molecular complexity index is 1020. The van der Waals surface area contributed by atoms with E-state index in [0.717, 1.165) is 4.90 Å². The van der Waals surface area contributed by atoms with Crippen molar-refractivity contribution in [1.29, 1.82) is 0 Å². The molecule has 162 valence electrons. The lowest BCUT2D eigenvalue weighted by atomic mass is 10.0. The van der Waals surface area contributed by atoms with Gasteiger partial charge in [-0.15, -0.1) is 0 Å². The van der Waals surface area contributed by atoms with Crippen LogP contribution in [0.2, 0.25) is 0 Å². The summed E-state index contributed by atoms with van der Waals surface area (Å²) in [5.74, 6) is -1.16. The van der Waals surface area contributed by atoms with Crippen molar-refractivity contribution in [2.24, 2.45) is 5.73 Å². The number of carbonyl (C=O) groups is 3. The number of nitrogens with two attached hydrogens (primary N) is 1. The van der Waals surface area contributed by atoms with Gasteiger partial charge in [0.1, 0.15) is 11.8 Å². The van der Waals surface area contributed by atoms with Gasteiger partial charge in [0.05, 0.1) is 34.3 Å². The molecule has 1 unspecified atom stereocenters. The normalized spacial score (nSPS) is 14.0. The fourth-order valence-corrected chi connectivity index (χ4v) is 3.54. The summed E-state index contributed by atoms with van der Waals surface area (Å²) in [6.45, 7) is 0.299. The molecular formula is C21H22N4O6. The zero-order chi connectivity index (χ0) is 22.7. The molecule has 0 saturated carbocycles. The number of imide groups is 1. The largest absolute Gasteiger partial charge is 0.493 e. The van der Waals surface area contributed by atoms with Crippen LogP contribution in [0.5, 0.6) is 5.75 Å². The lowest BCUT2D eigenvalue weighted by Crippen LogP contribution is -2.33. The Morgan fingerprint density at radius 1 is 1.16 bits per heavy atom. The molecule has 3 rings (SSSR count). The van der Waals surface area contributed by atoms with Crippen LogP contribution in [0.1, 0.15) is 38.7 Å². The van der Waals surface area contributed by atoms with E-state index >= 15 is 0 Å². The summed E-state index contributed by atoms with van der Waals surface area (Å²) in [6.07, 6.45) is 0.350. The van der Waals surface area contributed by atoms with Gasteiger partial charge in [-0.05, 0) is 44.8 Å². The molecule has 0 aromatic heterocycles. The molecule has 3 amide bonds. The van der Waals surface area contributed by atoms with Crippen LogP contribution in [0.15, 0.2) is 42.5 Å². The summed E-state index contributed by atoms with van der Waals surface area (Å²) in [6, 6.07) is 9.86. The van der Waals surface area contributed by atoms with E-state index < -0.39 is 16.9 Å². The Kier molecular flexibility index (Phi) is 6.30. The summed E-state index contributed by atoms with van der Waals surface area (Å²) < 4.78 is 5.58. The molecule has 1 aliphatic heterocycles. The van der Waals surface area contributed by atoms with Crippen LogP contribution in [0.4, 0.5) is 5.69 Å². The SMILES string of the molecule is CN(C)C(C(N)=O)c1ccc(OCCCN2C(=O)c3ccccc3C2=O)cc1[N+](=O)[O-]. The molecule has 1 heterocycles. The number of rotatable bonds is 9. The predicted molar refractivity (Wildman–Crippen MR) is 111 cm³/mol. The molecule has 1 aliphatic rings. The fraction of sp³-hybridized carbons (Fsp3) is 0.286. The third-order valence-corrected chi connectivity index (χ3v) is 4.95. The third kappa shape index (κ3) is 4.38. The van der Waals surface area contributed by atoms with Crippen LogP contribution in [-0.2, 0) is 4.79 Å². The molecule has 10 nitrogen and oxygen atoms in total. The standard InChI is InChI=1S/C21H22N4O6/c1-23(2)18(19(22)26)16-9-8-13(12-17(16)25(29)30)31-11-5-10-24-20(27)14-6-3-4-7-15(14)21(24)28/h3-4,6-9,12,18H,5,10-11H2,1-2H3,(H2,22,26). The first kappa shape index (κ1) is 21.9. The second-order valence-electron chi connectivity index (χ2n) is 7.26. The van der Waals surface area contributed by atoms with Gasteiger partial charge in [-0.3, -0.25) is 34.3 Å². The first-order valence-electron chi connectivity index (χ1n) is 9.54. The molecule has 2 N–H and O–H groups in total. The van der Waals surface area contributed by atoms with Gasteiger partial charge in [0.15, 0.2) is 0 Å². The zero-order valence-corrected chi connectivity index (χ0v) is 17.1. The second-order valence-corrected chi connectivity index (χ2v) is 7.26. The number of ether oxygens (including phenoxy) is 1. The number of carbonyl (C=O) groups excluding carboxylic acids is 3. The van der Waals surface area contributed by atoms with E-state index in [-0.39, 0.29) is 42.0 Å². The van der Waals surface area contributed by atoms with E-state index in [1.54, 1.807) is 38.4 Å². The molecule has 10 heteroatoms. The molecule has 0 radical (unpaired) electrons. The predicted octanol–water partition coefficient (Wildman–Crippen LogP) is 1.75. The molecule has 2 aromatic carbocycles. The Morgan fingerprint density at radius 2 is 1.77 bits per heavy atom. The third-order valence-electron chi connectivity index (χ3n) is 4.95. The van der Waals surface area contributed by atoms with Crippen LogP contribution in [0, 0.1) is 10.1 Å². The van der Waals surface area contributed by atoms with Gasteiger partial charge < -0.3 is 10.5 Å². The number of fused-ring (bicyclic) bond motifs is 1. The number of nitro groups is 1. The average Bonchev–Trinajstić information content (AvgIpc) is 2.96. The van der Waals surface area contributed by atoms with Crippen molar-refractivity contribution >= 4 is 23.4 Å². The lowest BCUT2D eigenvalue weighted by Gasteiger charge is -2.21. The quantitative estimate of drug-likeness (QED) is 0.279. The Labute approximate surface area is 178 Å². The van der Waals surface area contributed by atoms with Crippen molar-refractivity contribution < 1.29 is 24.0 Å². The number of likely N-dealkylation sites (N-methyl/N-ethyl adjacent to an activating group) is 1. The monoisotopic (exact) mass is 426 g/mol. The van der Waals surface area contributed by atoms with Gasteiger partial charge in [0.2, 0.25) is 5.91 Å². The maximum Gasteiger partial charge on any atom is 0.278 e. The minimum atomic E-state index is -0.955. The number of hydrogen-bond acceptors (Lipinski definition) is 7. The maximum absolute atomic E-state index is 12.3. The van der Waals surface area contributed by atoms with Gasteiger partial charge in [0.25, 0.3) is 17.5 Å². The lowest BCUT2D eigenvalue weighted by molar-refractivity contribution is -0.385. The zero-order valence-electron chi connectivity index (χ0n) is 17.1. The van der Waals surface area contributed by atoms with E-state index in [4.69, 9.17) is 10.5 Å². The summed E-state index contributed by atoms with van der Waals surface area (Å²) in [4.78, 5) is 50.0. The van der Waals surface area contributed by atoms with E-state index in [2.05, 4.69) is 0 Å². The molecule has 31 heavy (non-hydrogen) atoms. The molecule has 0 aliphatic carbocycles. The summed E-state index contributed by atoms with van der Waals surface area (Å²) in [5, 5.41) is 11.5. The van der Waals surface area contributed by atoms with Gasteiger partial charge in [-0.1, -0.05) is 12.1 Å². The topological polar surface area (TPSA) is 136 Å². The first-order chi connectivity index (χ1) is 14.7. The molecule has 0 fully saturated rings. The number of benzene rings is 2. The smallest absolute Gasteiger partial charge is 0.278 e. The highest BCUT2D eigenvalue weighted by Crippen LogP contribution is 2.31. The molecular weight excluding hydrogens is 404 g/mol. The van der Waals surface area contributed by atoms with E-state index in [1.807, 2.05) is 0 Å². The van der Waals surface area contributed by atoms with Gasteiger partial charge in [0, 0.05) is 6.54 Å². The number of nitrogens with zero attached hydrogens (tertiary/aromatic N) is 3. The number of nitro benzene ring substituents is 1. The van der Waals surface area contributed by atoms with Crippen molar-refractivity contribution in [2.45, 2.75) is 12.5 Å². The summed E-state index contributed by atoms with van der Waals surface area (Å²) in [5.41, 5.74) is 6.04. The molecule has 0 spiro atoms. The molecule has 1 atom stereocenters. The molecule has 2 aromatic rings. The van der Waals surface area contributed by atoms with Crippen molar-refractivity contribution in [3.05, 3.63) is 69.3 Å². The van der Waals surface area contributed by atoms with Gasteiger partial charge >= 0.3 is 0 Å². The highest BCUT2D eigenvalue weighted by Gasteiger charge is 2.34. The average molecular weight is 426 g/mol. The Balaban J connectivity index is 1.64. The van der Waals surface area contributed by atoms with Crippen molar-refractivity contribution in [3.8, 4) is 5.75 Å². The molecule has 0 saturated heterocycles. The van der Waals surface area contributed by atoms with Gasteiger partial charge in [-0.2, -0.15) is 0 Å². The highest BCUT2D eigenvalue weighted by atomic mass is 16.6. The van der Waals surface area contributed by atoms with Crippen LogP contribution in [-0.4, -0.2) is 59.7 Å². The van der Waals surface area contributed by atoms with E-state index in [9.17, 15) is 24.5 Å². The van der Waals surface area contributed by atoms with Crippen LogP contribution in [0.3, 0.4) is 0 Å².